The maximum Gasteiger partial charge on any atom is 0.125 e. The first kappa shape index (κ1) is 8.74. The van der Waals surface area contributed by atoms with Crippen molar-refractivity contribution in [2.24, 2.45) is 0 Å². The van der Waals surface area contributed by atoms with Gasteiger partial charge in [0, 0.05) is 12.0 Å². The SMILES string of the molecule is COc1ccc2cccc3c2c1C(O)C3. The van der Waals surface area contributed by atoms with Crippen LogP contribution in [0.2, 0.25) is 0 Å². The molecule has 0 heterocycles. The van der Waals surface area contributed by atoms with Gasteiger partial charge in [-0.1, -0.05) is 24.3 Å². The Morgan fingerprint density at radius 1 is 1.27 bits per heavy atom. The van der Waals surface area contributed by atoms with Gasteiger partial charge in [0.15, 0.2) is 0 Å². The van der Waals surface area contributed by atoms with E-state index in [4.69, 9.17) is 4.74 Å². The molecule has 2 nitrogen and oxygen atoms in total. The minimum absolute atomic E-state index is 0.416. The molecule has 0 saturated carbocycles. The molecule has 1 aliphatic rings. The predicted molar refractivity (Wildman–Crippen MR) is 59.2 cm³/mol. The predicted octanol–water partition coefficient (Wildman–Crippen LogP) is 2.44. The Bertz CT molecular complexity index is 531. The number of benzene rings is 2. The average Bonchev–Trinajstić information content (AvgIpc) is 2.59. The molecule has 1 atom stereocenters. The van der Waals surface area contributed by atoms with Crippen LogP contribution < -0.4 is 4.74 Å². The molecule has 1 aliphatic carbocycles. The third-order valence-corrected chi connectivity index (χ3v) is 3.10. The van der Waals surface area contributed by atoms with Crippen molar-refractivity contribution in [1.29, 1.82) is 0 Å². The van der Waals surface area contributed by atoms with Crippen molar-refractivity contribution < 1.29 is 9.84 Å². The lowest BCUT2D eigenvalue weighted by molar-refractivity contribution is 0.181. The average molecular weight is 200 g/mol. The van der Waals surface area contributed by atoms with E-state index >= 15 is 0 Å². The maximum atomic E-state index is 10.00. The Kier molecular flexibility index (Phi) is 1.73. The van der Waals surface area contributed by atoms with Gasteiger partial charge in [-0.05, 0) is 22.4 Å². The highest BCUT2D eigenvalue weighted by atomic mass is 16.5. The largest absolute Gasteiger partial charge is 0.496 e. The molecule has 0 aromatic heterocycles. The second kappa shape index (κ2) is 2.97. The van der Waals surface area contributed by atoms with Crippen molar-refractivity contribution in [2.75, 3.05) is 7.11 Å². The number of methoxy groups -OCH3 is 1. The fourth-order valence-electron chi connectivity index (χ4n) is 2.46. The van der Waals surface area contributed by atoms with Crippen LogP contribution in [0.25, 0.3) is 10.8 Å². The number of hydrogen-bond acceptors (Lipinski definition) is 2. The topological polar surface area (TPSA) is 29.5 Å². The second-order valence-corrected chi connectivity index (χ2v) is 3.92. The highest BCUT2D eigenvalue weighted by Crippen LogP contribution is 2.42. The van der Waals surface area contributed by atoms with Crippen LogP contribution in [0.5, 0.6) is 5.75 Å². The Morgan fingerprint density at radius 2 is 2.13 bits per heavy atom. The summed E-state index contributed by atoms with van der Waals surface area (Å²) < 4.78 is 5.29. The first-order chi connectivity index (χ1) is 7.31. The highest BCUT2D eigenvalue weighted by Gasteiger charge is 2.25. The Labute approximate surface area is 88.1 Å². The summed E-state index contributed by atoms with van der Waals surface area (Å²) >= 11 is 0. The lowest BCUT2D eigenvalue weighted by atomic mass is 10.0. The smallest absolute Gasteiger partial charge is 0.125 e. The number of aliphatic hydroxyl groups is 1. The fraction of sp³-hybridized carbons (Fsp3) is 0.231. The van der Waals surface area contributed by atoms with Gasteiger partial charge in [0.25, 0.3) is 0 Å². The summed E-state index contributed by atoms with van der Waals surface area (Å²) in [6.07, 6.45) is 0.286. The summed E-state index contributed by atoms with van der Waals surface area (Å²) in [4.78, 5) is 0. The van der Waals surface area contributed by atoms with Gasteiger partial charge < -0.3 is 9.84 Å². The van der Waals surface area contributed by atoms with Crippen molar-refractivity contribution in [3.8, 4) is 5.75 Å². The van der Waals surface area contributed by atoms with E-state index in [2.05, 4.69) is 12.1 Å². The standard InChI is InChI=1S/C13H12O2/c1-15-11-6-5-8-3-2-4-9-7-10(14)13(11)12(8)9/h2-6,10,14H,7H2,1H3. The molecule has 0 saturated heterocycles. The van der Waals surface area contributed by atoms with E-state index in [0.29, 0.717) is 6.42 Å². The molecule has 1 N–H and O–H groups in total. The molecule has 0 spiro atoms. The molecule has 76 valence electrons. The van der Waals surface area contributed by atoms with Crippen molar-refractivity contribution in [1.82, 2.24) is 0 Å². The zero-order valence-electron chi connectivity index (χ0n) is 8.53. The van der Waals surface area contributed by atoms with E-state index in [9.17, 15) is 5.11 Å². The Balaban J connectivity index is 2.45. The molecule has 15 heavy (non-hydrogen) atoms. The van der Waals surface area contributed by atoms with Crippen LogP contribution in [-0.4, -0.2) is 12.2 Å². The van der Waals surface area contributed by atoms with Crippen LogP contribution in [0.3, 0.4) is 0 Å². The molecule has 3 rings (SSSR count). The fourth-order valence-corrected chi connectivity index (χ4v) is 2.46. The van der Waals surface area contributed by atoms with Gasteiger partial charge in [-0.25, -0.2) is 0 Å². The summed E-state index contributed by atoms with van der Waals surface area (Å²) in [5, 5.41) is 12.3. The van der Waals surface area contributed by atoms with E-state index in [-0.39, 0.29) is 0 Å². The zero-order chi connectivity index (χ0) is 10.4. The molecule has 0 amide bonds. The van der Waals surface area contributed by atoms with Gasteiger partial charge in [-0.3, -0.25) is 0 Å². The molecule has 2 heteroatoms. The second-order valence-electron chi connectivity index (χ2n) is 3.92. The van der Waals surface area contributed by atoms with Gasteiger partial charge in [-0.15, -0.1) is 0 Å². The number of ether oxygens (including phenoxy) is 1. The van der Waals surface area contributed by atoms with Crippen LogP contribution >= 0.6 is 0 Å². The van der Waals surface area contributed by atoms with Crippen LogP contribution in [0, 0.1) is 0 Å². The summed E-state index contributed by atoms with van der Waals surface area (Å²) in [5.41, 5.74) is 2.17. The number of rotatable bonds is 1. The third-order valence-electron chi connectivity index (χ3n) is 3.10. The monoisotopic (exact) mass is 200 g/mol. The van der Waals surface area contributed by atoms with Crippen LogP contribution in [0.4, 0.5) is 0 Å². The molecular formula is C13H12O2. The van der Waals surface area contributed by atoms with Crippen LogP contribution in [0.15, 0.2) is 30.3 Å². The Hall–Kier alpha value is -1.54. The molecule has 0 radical (unpaired) electrons. The lowest BCUT2D eigenvalue weighted by Gasteiger charge is -2.10. The molecule has 2 aromatic carbocycles. The molecule has 2 aromatic rings. The summed E-state index contributed by atoms with van der Waals surface area (Å²) in [7, 11) is 1.64. The number of hydrogen-bond donors (Lipinski definition) is 1. The minimum Gasteiger partial charge on any atom is -0.496 e. The van der Waals surface area contributed by atoms with E-state index in [1.807, 2.05) is 18.2 Å². The molecule has 0 fully saturated rings. The summed E-state index contributed by atoms with van der Waals surface area (Å²) in [6, 6.07) is 10.1. The normalized spacial score (nSPS) is 18.4. The molecular weight excluding hydrogens is 188 g/mol. The Morgan fingerprint density at radius 3 is 2.93 bits per heavy atom. The van der Waals surface area contributed by atoms with Crippen molar-refractivity contribution in [3.05, 3.63) is 41.5 Å². The van der Waals surface area contributed by atoms with Gasteiger partial charge in [0.05, 0.1) is 13.2 Å². The van der Waals surface area contributed by atoms with Gasteiger partial charge in [-0.2, -0.15) is 0 Å². The first-order valence-electron chi connectivity index (χ1n) is 5.08. The molecule has 0 aliphatic heterocycles. The van der Waals surface area contributed by atoms with Crippen LogP contribution in [-0.2, 0) is 6.42 Å². The van der Waals surface area contributed by atoms with Gasteiger partial charge in [0.2, 0.25) is 0 Å². The van der Waals surface area contributed by atoms with Crippen LogP contribution in [0.1, 0.15) is 17.2 Å². The third kappa shape index (κ3) is 1.08. The minimum atomic E-state index is -0.416. The quantitative estimate of drug-likeness (QED) is 0.766. The van der Waals surface area contributed by atoms with Crippen molar-refractivity contribution in [2.45, 2.75) is 12.5 Å². The number of aliphatic hydroxyl groups excluding tert-OH is 1. The molecule has 0 bridgehead atoms. The summed E-state index contributed by atoms with van der Waals surface area (Å²) in [5.74, 6) is 0.792. The van der Waals surface area contributed by atoms with E-state index in [1.54, 1.807) is 7.11 Å². The van der Waals surface area contributed by atoms with Gasteiger partial charge in [0.1, 0.15) is 5.75 Å². The van der Waals surface area contributed by atoms with E-state index in [0.717, 1.165) is 11.3 Å². The van der Waals surface area contributed by atoms with Gasteiger partial charge >= 0.3 is 0 Å². The maximum absolute atomic E-state index is 10.00. The molecule has 1 unspecified atom stereocenters. The highest BCUT2D eigenvalue weighted by molar-refractivity contribution is 5.93. The van der Waals surface area contributed by atoms with E-state index < -0.39 is 6.10 Å². The van der Waals surface area contributed by atoms with Crippen molar-refractivity contribution >= 4 is 10.8 Å². The first-order valence-corrected chi connectivity index (χ1v) is 5.08. The lowest BCUT2D eigenvalue weighted by Crippen LogP contribution is -1.96. The van der Waals surface area contributed by atoms with Crippen molar-refractivity contribution in [3.63, 3.8) is 0 Å². The van der Waals surface area contributed by atoms with E-state index in [1.165, 1.54) is 16.3 Å². The zero-order valence-corrected chi connectivity index (χ0v) is 8.53. The summed E-state index contributed by atoms with van der Waals surface area (Å²) in [6.45, 7) is 0.